The Kier molecular flexibility index (Phi) is 4.81. The quantitative estimate of drug-likeness (QED) is 0.659. The molecule has 7 heteroatoms. The molecule has 0 aliphatic carbocycles. The SMILES string of the molecule is CC(O)(CNC(=O)Nc1ccccc1N1CCc2ccccc21)C(=O)O. The van der Waals surface area contributed by atoms with E-state index in [9.17, 15) is 14.7 Å². The summed E-state index contributed by atoms with van der Waals surface area (Å²) in [6.45, 7) is 1.54. The Morgan fingerprint density at radius 2 is 1.77 bits per heavy atom. The Labute approximate surface area is 151 Å². The van der Waals surface area contributed by atoms with Crippen LogP contribution in [0.3, 0.4) is 0 Å². The van der Waals surface area contributed by atoms with Crippen molar-refractivity contribution in [1.29, 1.82) is 0 Å². The summed E-state index contributed by atoms with van der Waals surface area (Å²) in [6.07, 6.45) is 0.929. The van der Waals surface area contributed by atoms with E-state index in [-0.39, 0.29) is 0 Å². The maximum absolute atomic E-state index is 12.1. The third kappa shape index (κ3) is 3.62. The number of aliphatic hydroxyl groups is 1. The van der Waals surface area contributed by atoms with Crippen LogP contribution in [-0.4, -0.2) is 40.9 Å². The predicted octanol–water partition coefficient (Wildman–Crippen LogP) is 2.34. The molecule has 1 unspecified atom stereocenters. The number of carbonyl (C=O) groups is 2. The predicted molar refractivity (Wildman–Crippen MR) is 98.9 cm³/mol. The molecule has 0 saturated carbocycles. The van der Waals surface area contributed by atoms with Gasteiger partial charge >= 0.3 is 12.0 Å². The van der Waals surface area contributed by atoms with Crippen LogP contribution >= 0.6 is 0 Å². The van der Waals surface area contributed by atoms with Crippen LogP contribution in [0.15, 0.2) is 48.5 Å². The Bertz CT molecular complexity index is 835. The molecule has 0 radical (unpaired) electrons. The lowest BCUT2D eigenvalue weighted by Gasteiger charge is -2.23. The molecule has 136 valence electrons. The number of benzene rings is 2. The van der Waals surface area contributed by atoms with Gasteiger partial charge in [-0.2, -0.15) is 0 Å². The molecule has 1 aliphatic heterocycles. The molecular formula is C19H21N3O4. The summed E-state index contributed by atoms with van der Waals surface area (Å²) in [5, 5.41) is 23.7. The molecule has 7 nitrogen and oxygen atoms in total. The van der Waals surface area contributed by atoms with Gasteiger partial charge in [0.15, 0.2) is 5.60 Å². The van der Waals surface area contributed by atoms with E-state index in [1.165, 1.54) is 5.56 Å². The van der Waals surface area contributed by atoms with E-state index < -0.39 is 24.1 Å². The van der Waals surface area contributed by atoms with E-state index in [0.717, 1.165) is 31.3 Å². The van der Waals surface area contributed by atoms with Gasteiger partial charge < -0.3 is 25.7 Å². The maximum atomic E-state index is 12.1. The molecular weight excluding hydrogens is 334 g/mol. The van der Waals surface area contributed by atoms with Crippen molar-refractivity contribution in [1.82, 2.24) is 5.32 Å². The second-order valence-corrected chi connectivity index (χ2v) is 6.43. The van der Waals surface area contributed by atoms with E-state index in [1.807, 2.05) is 36.4 Å². The zero-order chi connectivity index (χ0) is 18.7. The van der Waals surface area contributed by atoms with Gasteiger partial charge in [0.2, 0.25) is 0 Å². The molecule has 0 saturated heterocycles. The molecule has 0 bridgehead atoms. The van der Waals surface area contributed by atoms with Crippen molar-refractivity contribution >= 4 is 29.1 Å². The van der Waals surface area contributed by atoms with Crippen molar-refractivity contribution in [2.24, 2.45) is 0 Å². The van der Waals surface area contributed by atoms with Crippen LogP contribution < -0.4 is 15.5 Å². The van der Waals surface area contributed by atoms with Gasteiger partial charge in [0, 0.05) is 12.2 Å². The number of rotatable bonds is 5. The first-order valence-corrected chi connectivity index (χ1v) is 8.33. The smallest absolute Gasteiger partial charge is 0.337 e. The first-order valence-electron chi connectivity index (χ1n) is 8.33. The van der Waals surface area contributed by atoms with Crippen molar-refractivity contribution < 1.29 is 19.8 Å². The van der Waals surface area contributed by atoms with Crippen molar-refractivity contribution in [3.8, 4) is 0 Å². The van der Waals surface area contributed by atoms with Crippen LogP contribution in [-0.2, 0) is 11.2 Å². The second-order valence-electron chi connectivity index (χ2n) is 6.43. The lowest BCUT2D eigenvalue weighted by molar-refractivity contribution is -0.155. The topological polar surface area (TPSA) is 102 Å². The summed E-state index contributed by atoms with van der Waals surface area (Å²) in [7, 11) is 0. The number of aliphatic carboxylic acids is 1. The highest BCUT2D eigenvalue weighted by Gasteiger charge is 2.30. The molecule has 0 spiro atoms. The van der Waals surface area contributed by atoms with Crippen LogP contribution in [0.4, 0.5) is 21.9 Å². The molecule has 4 N–H and O–H groups in total. The first-order chi connectivity index (χ1) is 12.4. The number of carboxylic acid groups (broad SMARTS) is 1. The van der Waals surface area contributed by atoms with Gasteiger partial charge in [-0.15, -0.1) is 0 Å². The molecule has 2 aromatic rings. The zero-order valence-corrected chi connectivity index (χ0v) is 14.4. The fourth-order valence-electron chi connectivity index (χ4n) is 2.90. The number of amides is 2. The van der Waals surface area contributed by atoms with Crippen molar-refractivity contribution in [3.05, 3.63) is 54.1 Å². The minimum atomic E-state index is -2.02. The number of carboxylic acids is 1. The Hall–Kier alpha value is -3.06. The van der Waals surface area contributed by atoms with Crippen LogP contribution in [0.1, 0.15) is 12.5 Å². The number of carbonyl (C=O) groups excluding carboxylic acids is 1. The summed E-state index contributed by atoms with van der Waals surface area (Å²) in [5.74, 6) is -1.40. The van der Waals surface area contributed by atoms with E-state index in [0.29, 0.717) is 5.69 Å². The normalized spacial score (nSPS) is 15.1. The van der Waals surface area contributed by atoms with Crippen LogP contribution in [0.25, 0.3) is 0 Å². The molecule has 3 rings (SSSR count). The third-order valence-corrected chi connectivity index (χ3v) is 4.38. The lowest BCUT2D eigenvalue weighted by Crippen LogP contribution is -2.47. The monoisotopic (exact) mass is 355 g/mol. The average molecular weight is 355 g/mol. The number of para-hydroxylation sites is 3. The number of anilines is 3. The van der Waals surface area contributed by atoms with Crippen LogP contribution in [0, 0.1) is 0 Å². The van der Waals surface area contributed by atoms with Crippen molar-refractivity contribution in [3.63, 3.8) is 0 Å². The van der Waals surface area contributed by atoms with Gasteiger partial charge in [-0.3, -0.25) is 0 Å². The molecule has 1 aliphatic rings. The van der Waals surface area contributed by atoms with Crippen molar-refractivity contribution in [2.75, 3.05) is 23.3 Å². The molecule has 2 amide bonds. The first kappa shape index (κ1) is 17.8. The Morgan fingerprint density at radius 3 is 2.50 bits per heavy atom. The standard InChI is InChI=1S/C19H21N3O4/c1-19(26,17(23)24)12-20-18(25)21-14-7-3-5-9-16(14)22-11-10-13-6-2-4-8-15(13)22/h2-9,26H,10-12H2,1H3,(H,23,24)(H2,20,21,25). The molecule has 0 fully saturated rings. The minimum Gasteiger partial charge on any atom is -0.479 e. The van der Waals surface area contributed by atoms with Crippen LogP contribution in [0.5, 0.6) is 0 Å². The third-order valence-electron chi connectivity index (χ3n) is 4.38. The van der Waals surface area contributed by atoms with Gasteiger partial charge in [0.1, 0.15) is 0 Å². The summed E-state index contributed by atoms with van der Waals surface area (Å²) in [5.41, 5.74) is 1.81. The molecule has 2 aromatic carbocycles. The summed E-state index contributed by atoms with van der Waals surface area (Å²) < 4.78 is 0. The van der Waals surface area contributed by atoms with E-state index in [4.69, 9.17) is 5.11 Å². The Balaban J connectivity index is 1.75. The highest BCUT2D eigenvalue weighted by Crippen LogP contribution is 2.37. The number of fused-ring (bicyclic) bond motifs is 1. The highest BCUT2D eigenvalue weighted by molar-refractivity contribution is 5.95. The number of nitrogens with one attached hydrogen (secondary N) is 2. The maximum Gasteiger partial charge on any atom is 0.337 e. The van der Waals surface area contributed by atoms with Crippen LogP contribution in [0.2, 0.25) is 0 Å². The van der Waals surface area contributed by atoms with Crippen molar-refractivity contribution in [2.45, 2.75) is 18.9 Å². The van der Waals surface area contributed by atoms with E-state index >= 15 is 0 Å². The number of hydrogen-bond donors (Lipinski definition) is 4. The average Bonchev–Trinajstić information content (AvgIpc) is 3.04. The zero-order valence-electron chi connectivity index (χ0n) is 14.4. The van der Waals surface area contributed by atoms with E-state index in [2.05, 4.69) is 21.6 Å². The summed E-state index contributed by atoms with van der Waals surface area (Å²) in [4.78, 5) is 25.2. The number of nitrogens with zero attached hydrogens (tertiary/aromatic N) is 1. The number of urea groups is 1. The lowest BCUT2D eigenvalue weighted by atomic mass is 10.1. The molecule has 26 heavy (non-hydrogen) atoms. The minimum absolute atomic E-state index is 0.400. The van der Waals surface area contributed by atoms with Gasteiger partial charge in [0.25, 0.3) is 0 Å². The summed E-state index contributed by atoms with van der Waals surface area (Å²) >= 11 is 0. The van der Waals surface area contributed by atoms with E-state index in [1.54, 1.807) is 6.07 Å². The highest BCUT2D eigenvalue weighted by atomic mass is 16.4. The largest absolute Gasteiger partial charge is 0.479 e. The summed E-state index contributed by atoms with van der Waals surface area (Å²) in [6, 6.07) is 15.0. The fourth-order valence-corrected chi connectivity index (χ4v) is 2.90. The fraction of sp³-hybridized carbons (Fsp3) is 0.263. The van der Waals surface area contributed by atoms with Gasteiger partial charge in [0.05, 0.1) is 17.9 Å². The number of hydrogen-bond acceptors (Lipinski definition) is 4. The molecule has 1 heterocycles. The van der Waals surface area contributed by atoms with Gasteiger partial charge in [-0.1, -0.05) is 30.3 Å². The second kappa shape index (κ2) is 7.05. The van der Waals surface area contributed by atoms with Gasteiger partial charge in [-0.05, 0) is 37.1 Å². The molecule has 0 aromatic heterocycles. The molecule has 1 atom stereocenters. The Morgan fingerprint density at radius 1 is 1.12 bits per heavy atom. The van der Waals surface area contributed by atoms with Gasteiger partial charge in [-0.25, -0.2) is 9.59 Å².